The Bertz CT molecular complexity index is 1470. The minimum Gasteiger partial charge on any atom is -0.507 e. The molecular formula is C30H29Cl2NO7. The Hall–Kier alpha value is -3.88. The summed E-state index contributed by atoms with van der Waals surface area (Å²) >= 11 is 12.8. The lowest BCUT2D eigenvalue weighted by atomic mass is 9.94. The molecular weight excluding hydrogens is 557 g/mol. The van der Waals surface area contributed by atoms with Crippen LogP contribution in [0, 0.1) is 0 Å². The topological polar surface area (TPSA) is 94.5 Å². The first kappa shape index (κ1) is 29.1. The van der Waals surface area contributed by atoms with Crippen LogP contribution in [0.1, 0.15) is 36.6 Å². The molecule has 1 heterocycles. The van der Waals surface area contributed by atoms with Gasteiger partial charge in [-0.25, -0.2) is 0 Å². The van der Waals surface area contributed by atoms with Crippen LogP contribution in [0.2, 0.25) is 10.0 Å². The SMILES string of the molecule is COc1ccc(CN2C(=O)C(=O)/C(=C(/O)c3cc(Cl)c(OC)c(Cl)c3OC)C2c2cccc(OC(C)C)c2)cc1. The molecule has 3 aromatic rings. The van der Waals surface area contributed by atoms with Crippen LogP contribution < -0.4 is 18.9 Å². The lowest BCUT2D eigenvalue weighted by Crippen LogP contribution is -2.29. The molecule has 0 bridgehead atoms. The number of amides is 1. The van der Waals surface area contributed by atoms with Crippen molar-refractivity contribution in [3.05, 3.63) is 86.9 Å². The van der Waals surface area contributed by atoms with Crippen LogP contribution in [-0.2, 0) is 16.1 Å². The van der Waals surface area contributed by atoms with Gasteiger partial charge in [0.1, 0.15) is 22.3 Å². The van der Waals surface area contributed by atoms with Crippen LogP contribution in [0.5, 0.6) is 23.0 Å². The third kappa shape index (κ3) is 5.55. The summed E-state index contributed by atoms with van der Waals surface area (Å²) in [5.74, 6) is -0.737. The van der Waals surface area contributed by atoms with Crippen molar-refractivity contribution in [1.82, 2.24) is 4.90 Å². The monoisotopic (exact) mass is 585 g/mol. The number of carbonyl (C=O) groups is 2. The molecule has 0 radical (unpaired) electrons. The summed E-state index contributed by atoms with van der Waals surface area (Å²) < 4.78 is 21.8. The van der Waals surface area contributed by atoms with Crippen LogP contribution in [0.25, 0.3) is 5.76 Å². The van der Waals surface area contributed by atoms with E-state index in [4.69, 9.17) is 42.1 Å². The fourth-order valence-corrected chi connectivity index (χ4v) is 5.33. The molecule has 1 saturated heterocycles. The van der Waals surface area contributed by atoms with E-state index in [1.165, 1.54) is 25.2 Å². The summed E-state index contributed by atoms with van der Waals surface area (Å²) in [6.07, 6.45) is -0.103. The van der Waals surface area contributed by atoms with Gasteiger partial charge in [-0.05, 0) is 55.3 Å². The maximum atomic E-state index is 13.6. The Morgan fingerprint density at radius 2 is 1.60 bits per heavy atom. The molecule has 1 N–H and O–H groups in total. The zero-order valence-corrected chi connectivity index (χ0v) is 24.2. The Labute approximate surface area is 242 Å². The van der Waals surface area contributed by atoms with Crippen LogP contribution in [0.3, 0.4) is 0 Å². The normalized spacial score (nSPS) is 16.4. The smallest absolute Gasteiger partial charge is 0.295 e. The van der Waals surface area contributed by atoms with E-state index in [1.54, 1.807) is 55.6 Å². The lowest BCUT2D eigenvalue weighted by molar-refractivity contribution is -0.140. The number of carbonyl (C=O) groups excluding carboxylic acids is 2. The van der Waals surface area contributed by atoms with Crippen LogP contribution in [-0.4, -0.2) is 49.1 Å². The van der Waals surface area contributed by atoms with E-state index < -0.39 is 23.5 Å². The molecule has 210 valence electrons. The molecule has 1 aliphatic rings. The van der Waals surface area contributed by atoms with Crippen molar-refractivity contribution in [3.63, 3.8) is 0 Å². The number of halogens is 2. The van der Waals surface area contributed by atoms with Crippen molar-refractivity contribution in [2.75, 3.05) is 21.3 Å². The summed E-state index contributed by atoms with van der Waals surface area (Å²) in [7, 11) is 4.31. The molecule has 4 rings (SSSR count). The molecule has 40 heavy (non-hydrogen) atoms. The molecule has 1 aliphatic heterocycles. The second-order valence-corrected chi connectivity index (χ2v) is 10.1. The second kappa shape index (κ2) is 12.1. The molecule has 10 heteroatoms. The van der Waals surface area contributed by atoms with E-state index in [1.807, 2.05) is 13.8 Å². The van der Waals surface area contributed by atoms with E-state index in [2.05, 4.69) is 0 Å². The van der Waals surface area contributed by atoms with Gasteiger partial charge in [-0.15, -0.1) is 0 Å². The van der Waals surface area contributed by atoms with Gasteiger partial charge in [-0.2, -0.15) is 0 Å². The molecule has 3 aromatic carbocycles. The molecule has 0 spiro atoms. The first-order valence-corrected chi connectivity index (χ1v) is 13.1. The highest BCUT2D eigenvalue weighted by atomic mass is 35.5. The minimum absolute atomic E-state index is 0.00962. The van der Waals surface area contributed by atoms with Crippen LogP contribution in [0.15, 0.2) is 60.2 Å². The lowest BCUT2D eigenvalue weighted by Gasteiger charge is -2.26. The predicted octanol–water partition coefficient (Wildman–Crippen LogP) is 6.43. The van der Waals surface area contributed by atoms with E-state index in [0.717, 1.165) is 5.56 Å². The Balaban J connectivity index is 1.93. The Morgan fingerprint density at radius 1 is 0.925 bits per heavy atom. The highest BCUT2D eigenvalue weighted by Gasteiger charge is 2.46. The van der Waals surface area contributed by atoms with Crippen molar-refractivity contribution >= 4 is 40.7 Å². The number of nitrogens with zero attached hydrogens (tertiary/aromatic N) is 1. The number of hydrogen-bond donors (Lipinski definition) is 1. The van der Waals surface area contributed by atoms with Gasteiger partial charge in [-0.1, -0.05) is 47.5 Å². The van der Waals surface area contributed by atoms with E-state index in [9.17, 15) is 14.7 Å². The predicted molar refractivity (Wildman–Crippen MR) is 153 cm³/mol. The summed E-state index contributed by atoms with van der Waals surface area (Å²) in [5, 5.41) is 11.7. The minimum atomic E-state index is -0.956. The molecule has 1 atom stereocenters. The number of ether oxygens (including phenoxy) is 4. The van der Waals surface area contributed by atoms with Gasteiger partial charge in [0.2, 0.25) is 0 Å². The number of hydrogen-bond acceptors (Lipinski definition) is 7. The standard InChI is InChI=1S/C30H29Cl2NO7/c1-16(2)40-20-8-6-7-18(13-20)25-23(26(34)21-14-22(31)29(39-5)24(32)28(21)38-4)27(35)30(36)33(25)15-17-9-11-19(37-3)12-10-17/h6-14,16,25,34H,15H2,1-5H3/b26-23+. The molecule has 1 fully saturated rings. The first-order valence-electron chi connectivity index (χ1n) is 12.4. The highest BCUT2D eigenvalue weighted by Crippen LogP contribution is 2.47. The highest BCUT2D eigenvalue weighted by molar-refractivity contribution is 6.47. The number of ketones is 1. The van der Waals surface area contributed by atoms with E-state index in [0.29, 0.717) is 17.1 Å². The number of aliphatic hydroxyl groups excluding tert-OH is 1. The summed E-state index contributed by atoms with van der Waals surface area (Å²) in [6.45, 7) is 3.88. The number of methoxy groups -OCH3 is 3. The van der Waals surface area contributed by atoms with Gasteiger partial charge in [0.25, 0.3) is 11.7 Å². The molecule has 0 aliphatic carbocycles. The molecule has 0 aromatic heterocycles. The van der Waals surface area contributed by atoms with Crippen molar-refractivity contribution in [2.24, 2.45) is 0 Å². The van der Waals surface area contributed by atoms with Gasteiger partial charge in [0.15, 0.2) is 11.5 Å². The molecule has 8 nitrogen and oxygen atoms in total. The zero-order valence-electron chi connectivity index (χ0n) is 22.7. The first-order chi connectivity index (χ1) is 19.1. The number of benzene rings is 3. The number of aliphatic hydroxyl groups is 1. The maximum Gasteiger partial charge on any atom is 0.295 e. The van der Waals surface area contributed by atoms with Gasteiger partial charge in [0, 0.05) is 6.54 Å². The van der Waals surface area contributed by atoms with Gasteiger partial charge < -0.3 is 29.0 Å². The van der Waals surface area contributed by atoms with E-state index in [-0.39, 0.29) is 45.3 Å². The van der Waals surface area contributed by atoms with Crippen LogP contribution >= 0.6 is 23.2 Å². The summed E-state index contributed by atoms with van der Waals surface area (Å²) in [6, 6.07) is 14.6. The van der Waals surface area contributed by atoms with Crippen molar-refractivity contribution in [2.45, 2.75) is 32.5 Å². The van der Waals surface area contributed by atoms with Crippen molar-refractivity contribution in [1.29, 1.82) is 0 Å². The van der Waals surface area contributed by atoms with Gasteiger partial charge in [0.05, 0.1) is 49.6 Å². The fraction of sp³-hybridized carbons (Fsp3) is 0.267. The van der Waals surface area contributed by atoms with Gasteiger partial charge in [-0.3, -0.25) is 9.59 Å². The van der Waals surface area contributed by atoms with Crippen molar-refractivity contribution < 1.29 is 33.6 Å². The quantitative estimate of drug-likeness (QED) is 0.176. The van der Waals surface area contributed by atoms with Crippen LogP contribution in [0.4, 0.5) is 0 Å². The number of rotatable bonds is 9. The number of likely N-dealkylation sites (tertiary alicyclic amines) is 1. The Kier molecular flexibility index (Phi) is 8.81. The van der Waals surface area contributed by atoms with Gasteiger partial charge >= 0.3 is 0 Å². The average Bonchev–Trinajstić information content (AvgIpc) is 3.17. The number of Topliss-reactive ketones (excluding diaryl/α,β-unsaturated/α-hetero) is 1. The van der Waals surface area contributed by atoms with E-state index >= 15 is 0 Å². The van der Waals surface area contributed by atoms with Crippen molar-refractivity contribution in [3.8, 4) is 23.0 Å². The molecule has 1 amide bonds. The fourth-order valence-electron chi connectivity index (χ4n) is 4.64. The maximum absolute atomic E-state index is 13.6. The summed E-state index contributed by atoms with van der Waals surface area (Å²) in [4.78, 5) is 28.5. The Morgan fingerprint density at radius 3 is 2.20 bits per heavy atom. The zero-order chi connectivity index (χ0) is 29.1. The third-order valence-corrected chi connectivity index (χ3v) is 7.02. The second-order valence-electron chi connectivity index (χ2n) is 9.30. The molecule has 1 unspecified atom stereocenters. The third-order valence-electron chi connectivity index (χ3n) is 6.39. The largest absolute Gasteiger partial charge is 0.507 e. The molecule has 0 saturated carbocycles. The summed E-state index contributed by atoms with van der Waals surface area (Å²) in [5.41, 5.74) is 1.23. The average molecular weight is 586 g/mol.